The van der Waals surface area contributed by atoms with Crippen molar-refractivity contribution in [1.82, 2.24) is 10.2 Å². The molecule has 1 aliphatic rings. The molecule has 1 aliphatic heterocycles. The van der Waals surface area contributed by atoms with E-state index in [1.54, 1.807) is 12.1 Å². The summed E-state index contributed by atoms with van der Waals surface area (Å²) in [6, 6.07) is 14.2. The van der Waals surface area contributed by atoms with Crippen molar-refractivity contribution in [2.45, 2.75) is 26.3 Å². The zero-order valence-electron chi connectivity index (χ0n) is 15.2. The van der Waals surface area contributed by atoms with Crippen molar-refractivity contribution in [1.29, 1.82) is 0 Å². The third-order valence-corrected chi connectivity index (χ3v) is 4.85. The second-order valence-electron chi connectivity index (χ2n) is 7.05. The fraction of sp³-hybridized carbons (Fsp3) is 0.381. The van der Waals surface area contributed by atoms with Crippen molar-refractivity contribution in [2.75, 3.05) is 25.0 Å². The molecular formula is C21H26FN3O. The Morgan fingerprint density at radius 3 is 2.58 bits per heavy atom. The summed E-state index contributed by atoms with van der Waals surface area (Å²) in [6.45, 7) is 5.90. The molecule has 4 nitrogen and oxygen atoms in total. The van der Waals surface area contributed by atoms with E-state index in [2.05, 4.69) is 46.7 Å². The van der Waals surface area contributed by atoms with E-state index in [0.717, 1.165) is 32.5 Å². The summed E-state index contributed by atoms with van der Waals surface area (Å²) >= 11 is 0. The van der Waals surface area contributed by atoms with Gasteiger partial charge in [-0.2, -0.15) is 0 Å². The van der Waals surface area contributed by atoms with E-state index in [1.807, 2.05) is 0 Å². The Kier molecular flexibility index (Phi) is 6.23. The van der Waals surface area contributed by atoms with Gasteiger partial charge in [0.25, 0.3) is 0 Å². The summed E-state index contributed by atoms with van der Waals surface area (Å²) in [5.74, 6) is 0.191. The fourth-order valence-electron chi connectivity index (χ4n) is 3.36. The molecule has 0 bridgehead atoms. The van der Waals surface area contributed by atoms with Gasteiger partial charge in [-0.1, -0.05) is 29.8 Å². The van der Waals surface area contributed by atoms with Gasteiger partial charge in [0.2, 0.25) is 0 Å². The molecular weight excluding hydrogens is 329 g/mol. The molecule has 2 amide bonds. The number of piperidine rings is 1. The number of aryl methyl sites for hydroxylation is 1. The molecule has 1 saturated heterocycles. The molecule has 2 aromatic carbocycles. The zero-order valence-corrected chi connectivity index (χ0v) is 15.2. The lowest BCUT2D eigenvalue weighted by Crippen LogP contribution is -2.39. The fourth-order valence-corrected chi connectivity index (χ4v) is 3.36. The second kappa shape index (κ2) is 8.81. The summed E-state index contributed by atoms with van der Waals surface area (Å²) < 4.78 is 12.9. The van der Waals surface area contributed by atoms with Gasteiger partial charge in [0, 0.05) is 18.8 Å². The third-order valence-electron chi connectivity index (χ3n) is 4.85. The number of rotatable bonds is 5. The highest BCUT2D eigenvalue weighted by Gasteiger charge is 2.19. The van der Waals surface area contributed by atoms with Crippen molar-refractivity contribution in [2.24, 2.45) is 5.92 Å². The molecule has 26 heavy (non-hydrogen) atoms. The first-order chi connectivity index (χ1) is 12.6. The number of carbonyl (C=O) groups is 1. The van der Waals surface area contributed by atoms with Gasteiger partial charge in [-0.05, 0) is 68.6 Å². The standard InChI is InChI=1S/C21H26FN3O/c1-16-3-2-4-18(13-16)15-25-11-9-17(10-12-25)14-23-21(26)24-20-7-5-19(22)6-8-20/h2-8,13,17H,9-12,14-15H2,1H3,(H2,23,24,26). The highest BCUT2D eigenvalue weighted by atomic mass is 19.1. The molecule has 2 aromatic rings. The Morgan fingerprint density at radius 2 is 1.88 bits per heavy atom. The first-order valence-corrected chi connectivity index (χ1v) is 9.17. The van der Waals surface area contributed by atoms with Crippen molar-refractivity contribution in [3.05, 3.63) is 65.5 Å². The topological polar surface area (TPSA) is 44.4 Å². The average molecular weight is 355 g/mol. The number of anilines is 1. The highest BCUT2D eigenvalue weighted by Crippen LogP contribution is 2.19. The lowest BCUT2D eigenvalue weighted by atomic mass is 9.96. The van der Waals surface area contributed by atoms with Crippen LogP contribution in [0.1, 0.15) is 24.0 Å². The molecule has 0 aromatic heterocycles. The first-order valence-electron chi connectivity index (χ1n) is 9.17. The summed E-state index contributed by atoms with van der Waals surface area (Å²) in [5.41, 5.74) is 3.26. The van der Waals surface area contributed by atoms with Crippen LogP contribution in [0.25, 0.3) is 0 Å². The van der Waals surface area contributed by atoms with E-state index in [4.69, 9.17) is 0 Å². The Labute approximate surface area is 154 Å². The first kappa shape index (κ1) is 18.4. The van der Waals surface area contributed by atoms with E-state index >= 15 is 0 Å². The predicted molar refractivity (Wildman–Crippen MR) is 103 cm³/mol. The Bertz CT molecular complexity index is 724. The van der Waals surface area contributed by atoms with Gasteiger partial charge in [-0.15, -0.1) is 0 Å². The van der Waals surface area contributed by atoms with E-state index < -0.39 is 0 Å². The van der Waals surface area contributed by atoms with E-state index in [-0.39, 0.29) is 11.8 Å². The van der Waals surface area contributed by atoms with Gasteiger partial charge < -0.3 is 10.6 Å². The number of carbonyl (C=O) groups excluding carboxylic acids is 1. The Balaban J connectivity index is 1.37. The van der Waals surface area contributed by atoms with Crippen molar-refractivity contribution < 1.29 is 9.18 Å². The Hall–Kier alpha value is -2.40. The molecule has 3 rings (SSSR count). The van der Waals surface area contributed by atoms with Crippen LogP contribution in [0.15, 0.2) is 48.5 Å². The summed E-state index contributed by atoms with van der Waals surface area (Å²) in [5, 5.41) is 5.65. The number of nitrogens with zero attached hydrogens (tertiary/aromatic N) is 1. The monoisotopic (exact) mass is 355 g/mol. The van der Waals surface area contributed by atoms with Gasteiger partial charge in [0.15, 0.2) is 0 Å². The van der Waals surface area contributed by atoms with E-state index in [1.165, 1.54) is 23.3 Å². The van der Waals surface area contributed by atoms with Crippen molar-refractivity contribution >= 4 is 11.7 Å². The minimum Gasteiger partial charge on any atom is -0.338 e. The largest absolute Gasteiger partial charge is 0.338 e. The summed E-state index contributed by atoms with van der Waals surface area (Å²) in [4.78, 5) is 14.4. The van der Waals surface area contributed by atoms with Crippen LogP contribution in [0.4, 0.5) is 14.9 Å². The molecule has 0 unspecified atom stereocenters. The number of hydrogen-bond acceptors (Lipinski definition) is 2. The number of likely N-dealkylation sites (tertiary alicyclic amines) is 1. The smallest absolute Gasteiger partial charge is 0.319 e. The number of benzene rings is 2. The second-order valence-corrected chi connectivity index (χ2v) is 7.05. The van der Waals surface area contributed by atoms with Gasteiger partial charge in [-0.25, -0.2) is 9.18 Å². The highest BCUT2D eigenvalue weighted by molar-refractivity contribution is 5.89. The summed E-state index contributed by atoms with van der Waals surface area (Å²) in [6.07, 6.45) is 2.17. The van der Waals surface area contributed by atoms with Crippen LogP contribution in [-0.2, 0) is 6.54 Å². The molecule has 2 N–H and O–H groups in total. The maximum absolute atomic E-state index is 12.9. The molecule has 0 radical (unpaired) electrons. The number of urea groups is 1. The van der Waals surface area contributed by atoms with Crippen LogP contribution in [0.5, 0.6) is 0 Å². The van der Waals surface area contributed by atoms with Crippen LogP contribution < -0.4 is 10.6 Å². The number of hydrogen-bond donors (Lipinski definition) is 2. The van der Waals surface area contributed by atoms with Gasteiger partial charge >= 0.3 is 6.03 Å². The number of halogens is 1. The van der Waals surface area contributed by atoms with Gasteiger partial charge in [-0.3, -0.25) is 4.90 Å². The van der Waals surface area contributed by atoms with Gasteiger partial charge in [0.1, 0.15) is 5.82 Å². The van der Waals surface area contributed by atoms with Crippen molar-refractivity contribution in [3.63, 3.8) is 0 Å². The Morgan fingerprint density at radius 1 is 1.15 bits per heavy atom. The van der Waals surface area contributed by atoms with E-state index in [0.29, 0.717) is 18.2 Å². The molecule has 1 fully saturated rings. The van der Waals surface area contributed by atoms with Crippen molar-refractivity contribution in [3.8, 4) is 0 Å². The molecule has 0 aliphatic carbocycles. The van der Waals surface area contributed by atoms with Gasteiger partial charge in [0.05, 0.1) is 0 Å². The lowest BCUT2D eigenvalue weighted by molar-refractivity contribution is 0.175. The molecule has 0 saturated carbocycles. The SMILES string of the molecule is Cc1cccc(CN2CCC(CNC(=O)Nc3ccc(F)cc3)CC2)c1. The molecule has 1 heterocycles. The molecule has 138 valence electrons. The average Bonchev–Trinajstić information content (AvgIpc) is 2.63. The third kappa shape index (κ3) is 5.56. The number of nitrogens with one attached hydrogen (secondary N) is 2. The van der Waals surface area contributed by atoms with Crippen LogP contribution >= 0.6 is 0 Å². The molecule has 0 spiro atoms. The lowest BCUT2D eigenvalue weighted by Gasteiger charge is -2.32. The minimum atomic E-state index is -0.312. The summed E-state index contributed by atoms with van der Waals surface area (Å²) in [7, 11) is 0. The molecule has 5 heteroatoms. The maximum Gasteiger partial charge on any atom is 0.319 e. The minimum absolute atomic E-state index is 0.237. The number of amides is 2. The molecule has 0 atom stereocenters. The normalized spacial score (nSPS) is 15.6. The van der Waals surface area contributed by atoms with E-state index in [9.17, 15) is 9.18 Å². The maximum atomic E-state index is 12.9. The zero-order chi connectivity index (χ0) is 18.4. The predicted octanol–water partition coefficient (Wildman–Crippen LogP) is 4.17. The van der Waals surface area contributed by atoms with Crippen LogP contribution in [0.3, 0.4) is 0 Å². The van der Waals surface area contributed by atoms with Crippen LogP contribution in [-0.4, -0.2) is 30.6 Å². The van der Waals surface area contributed by atoms with Crippen LogP contribution in [0.2, 0.25) is 0 Å². The van der Waals surface area contributed by atoms with Crippen LogP contribution in [0, 0.1) is 18.7 Å². The quantitative estimate of drug-likeness (QED) is 0.845.